The van der Waals surface area contributed by atoms with Crippen molar-refractivity contribution < 1.29 is 9.53 Å². The number of ether oxygens (including phenoxy) is 1. The summed E-state index contributed by atoms with van der Waals surface area (Å²) in [7, 11) is 0. The van der Waals surface area contributed by atoms with Gasteiger partial charge in [-0.05, 0) is 19.1 Å². The maximum atomic E-state index is 13.0. The van der Waals surface area contributed by atoms with Gasteiger partial charge >= 0.3 is 0 Å². The molecule has 0 bridgehead atoms. The maximum absolute atomic E-state index is 13.0. The number of morpholine rings is 1. The normalized spacial score (nSPS) is 17.3. The second kappa shape index (κ2) is 8.47. The summed E-state index contributed by atoms with van der Waals surface area (Å²) in [5.74, 6) is 1.66. The highest BCUT2D eigenvalue weighted by molar-refractivity contribution is 5.95. The molecule has 160 valence electrons. The number of rotatable bonds is 3. The Morgan fingerprint density at radius 2 is 1.65 bits per heavy atom. The fourth-order valence-corrected chi connectivity index (χ4v) is 4.09. The summed E-state index contributed by atoms with van der Waals surface area (Å²) in [6.07, 6.45) is 0. The van der Waals surface area contributed by atoms with Crippen LogP contribution in [0.3, 0.4) is 0 Å². The van der Waals surface area contributed by atoms with Crippen molar-refractivity contribution in [2.75, 3.05) is 62.3 Å². The van der Waals surface area contributed by atoms with Crippen molar-refractivity contribution in [3.05, 3.63) is 53.9 Å². The number of benzene rings is 1. The van der Waals surface area contributed by atoms with Gasteiger partial charge in [0.1, 0.15) is 11.5 Å². The second-order valence-corrected chi connectivity index (χ2v) is 7.94. The quantitative estimate of drug-likeness (QED) is 0.645. The third-order valence-corrected chi connectivity index (χ3v) is 5.83. The van der Waals surface area contributed by atoms with Gasteiger partial charge in [0.25, 0.3) is 5.91 Å². The Bertz CT molecular complexity index is 1090. The lowest BCUT2D eigenvalue weighted by atomic mass is 10.2. The SMILES string of the molecule is Cc1cc(N2CCOCC2)nc(N2CCN(C(=O)c3ccc4ccccc4n3)CC2)n1. The highest BCUT2D eigenvalue weighted by Gasteiger charge is 2.25. The van der Waals surface area contributed by atoms with Gasteiger partial charge in [-0.1, -0.05) is 24.3 Å². The molecule has 2 fully saturated rings. The van der Waals surface area contributed by atoms with Crippen molar-refractivity contribution in [3.63, 3.8) is 0 Å². The molecule has 4 heterocycles. The number of aromatic nitrogens is 3. The van der Waals surface area contributed by atoms with Crippen LogP contribution in [0.1, 0.15) is 16.2 Å². The van der Waals surface area contributed by atoms with E-state index in [2.05, 4.69) is 19.8 Å². The number of hydrogen-bond donors (Lipinski definition) is 0. The largest absolute Gasteiger partial charge is 0.378 e. The number of fused-ring (bicyclic) bond motifs is 1. The Morgan fingerprint density at radius 3 is 2.45 bits per heavy atom. The molecule has 3 aromatic rings. The first-order chi connectivity index (χ1) is 15.2. The zero-order valence-electron chi connectivity index (χ0n) is 17.7. The minimum absolute atomic E-state index is 0.0235. The van der Waals surface area contributed by atoms with E-state index < -0.39 is 0 Å². The fraction of sp³-hybridized carbons (Fsp3) is 0.391. The van der Waals surface area contributed by atoms with Crippen LogP contribution in [0, 0.1) is 6.92 Å². The Balaban J connectivity index is 1.27. The lowest BCUT2D eigenvalue weighted by Gasteiger charge is -2.35. The summed E-state index contributed by atoms with van der Waals surface area (Å²) in [6, 6.07) is 13.7. The van der Waals surface area contributed by atoms with Crippen LogP contribution in [0.2, 0.25) is 0 Å². The number of nitrogens with zero attached hydrogens (tertiary/aromatic N) is 6. The molecule has 8 heteroatoms. The van der Waals surface area contributed by atoms with Crippen LogP contribution >= 0.6 is 0 Å². The molecule has 0 aliphatic carbocycles. The van der Waals surface area contributed by atoms with Crippen molar-refractivity contribution in [2.45, 2.75) is 6.92 Å². The molecular weight excluding hydrogens is 392 g/mol. The summed E-state index contributed by atoms with van der Waals surface area (Å²) in [6.45, 7) is 7.78. The molecule has 5 rings (SSSR count). The van der Waals surface area contributed by atoms with Gasteiger partial charge in [-0.3, -0.25) is 4.79 Å². The third-order valence-electron chi connectivity index (χ3n) is 5.83. The molecule has 2 aliphatic rings. The first-order valence-corrected chi connectivity index (χ1v) is 10.8. The lowest BCUT2D eigenvalue weighted by molar-refractivity contribution is 0.0740. The number of hydrogen-bond acceptors (Lipinski definition) is 7. The van der Waals surface area contributed by atoms with Gasteiger partial charge in [-0.15, -0.1) is 0 Å². The molecule has 0 saturated carbocycles. The number of amides is 1. The van der Waals surface area contributed by atoms with Gasteiger partial charge in [0.2, 0.25) is 5.95 Å². The van der Waals surface area contributed by atoms with Crippen molar-refractivity contribution >= 4 is 28.6 Å². The molecule has 31 heavy (non-hydrogen) atoms. The number of piperazine rings is 1. The van der Waals surface area contributed by atoms with Crippen LogP contribution in [0.5, 0.6) is 0 Å². The van der Waals surface area contributed by atoms with Gasteiger partial charge in [-0.25, -0.2) is 9.97 Å². The molecule has 0 atom stereocenters. The smallest absolute Gasteiger partial charge is 0.272 e. The third kappa shape index (κ3) is 4.16. The van der Waals surface area contributed by atoms with Crippen LogP contribution in [-0.4, -0.2) is 78.2 Å². The second-order valence-electron chi connectivity index (χ2n) is 7.94. The van der Waals surface area contributed by atoms with E-state index in [0.717, 1.165) is 54.7 Å². The van der Waals surface area contributed by atoms with E-state index in [1.54, 1.807) is 0 Å². The van der Waals surface area contributed by atoms with Crippen LogP contribution in [0.15, 0.2) is 42.5 Å². The molecule has 2 aliphatic heterocycles. The van der Waals surface area contributed by atoms with Crippen LogP contribution in [0.4, 0.5) is 11.8 Å². The average molecular weight is 419 g/mol. The van der Waals surface area contributed by atoms with E-state index in [4.69, 9.17) is 9.72 Å². The first-order valence-electron chi connectivity index (χ1n) is 10.8. The van der Waals surface area contributed by atoms with Crippen molar-refractivity contribution in [1.29, 1.82) is 0 Å². The Kier molecular flexibility index (Phi) is 5.38. The summed E-state index contributed by atoms with van der Waals surface area (Å²) in [5.41, 5.74) is 2.29. The molecule has 2 aromatic heterocycles. The highest BCUT2D eigenvalue weighted by atomic mass is 16.5. The van der Waals surface area contributed by atoms with Gasteiger partial charge in [-0.2, -0.15) is 4.98 Å². The number of para-hydroxylation sites is 1. The number of carbonyl (C=O) groups is 1. The van der Waals surface area contributed by atoms with Gasteiger partial charge < -0.3 is 19.4 Å². The molecule has 0 radical (unpaired) electrons. The van der Waals surface area contributed by atoms with E-state index in [1.165, 1.54) is 0 Å². The van der Waals surface area contributed by atoms with E-state index >= 15 is 0 Å². The molecule has 1 aromatic carbocycles. The highest BCUT2D eigenvalue weighted by Crippen LogP contribution is 2.20. The predicted octanol–water partition coefficient (Wildman–Crippen LogP) is 2.13. The zero-order valence-corrected chi connectivity index (χ0v) is 17.7. The summed E-state index contributed by atoms with van der Waals surface area (Å²) in [5, 5.41) is 1.04. The summed E-state index contributed by atoms with van der Waals surface area (Å²) < 4.78 is 5.45. The molecule has 0 spiro atoms. The van der Waals surface area contributed by atoms with Crippen molar-refractivity contribution in [2.24, 2.45) is 0 Å². The topological polar surface area (TPSA) is 74.7 Å². The van der Waals surface area contributed by atoms with Crippen LogP contribution < -0.4 is 9.80 Å². The van der Waals surface area contributed by atoms with E-state index in [1.807, 2.05) is 54.3 Å². The van der Waals surface area contributed by atoms with E-state index in [9.17, 15) is 4.79 Å². The van der Waals surface area contributed by atoms with Crippen LogP contribution in [-0.2, 0) is 4.74 Å². The van der Waals surface area contributed by atoms with Crippen molar-refractivity contribution in [1.82, 2.24) is 19.9 Å². The zero-order chi connectivity index (χ0) is 21.2. The lowest BCUT2D eigenvalue weighted by Crippen LogP contribution is -2.49. The van der Waals surface area contributed by atoms with Gasteiger partial charge in [0, 0.05) is 56.4 Å². The average Bonchev–Trinajstić information content (AvgIpc) is 2.83. The number of pyridine rings is 1. The standard InChI is InChI=1S/C23H26N6O2/c1-17-16-21(27-12-14-31-15-13-27)26-23(24-17)29-10-8-28(9-11-29)22(30)20-7-6-18-4-2-3-5-19(18)25-20/h2-7,16H,8-15H2,1H3. The van der Waals surface area contributed by atoms with E-state index in [0.29, 0.717) is 31.9 Å². The van der Waals surface area contributed by atoms with Gasteiger partial charge in [0.05, 0.1) is 18.7 Å². The number of aryl methyl sites for hydroxylation is 1. The molecule has 1 amide bonds. The molecular formula is C23H26N6O2. The molecule has 2 saturated heterocycles. The minimum Gasteiger partial charge on any atom is -0.378 e. The van der Waals surface area contributed by atoms with E-state index in [-0.39, 0.29) is 5.91 Å². The molecule has 8 nitrogen and oxygen atoms in total. The maximum Gasteiger partial charge on any atom is 0.272 e. The number of carbonyl (C=O) groups excluding carboxylic acids is 1. The summed E-state index contributed by atoms with van der Waals surface area (Å²) in [4.78, 5) is 33.3. The fourth-order valence-electron chi connectivity index (χ4n) is 4.09. The molecule has 0 N–H and O–H groups in total. The minimum atomic E-state index is -0.0235. The summed E-state index contributed by atoms with van der Waals surface area (Å²) >= 11 is 0. The van der Waals surface area contributed by atoms with Crippen LogP contribution in [0.25, 0.3) is 10.9 Å². The number of anilines is 2. The van der Waals surface area contributed by atoms with Gasteiger partial charge in [0.15, 0.2) is 0 Å². The monoisotopic (exact) mass is 418 g/mol. The predicted molar refractivity (Wildman–Crippen MR) is 120 cm³/mol. The Hall–Kier alpha value is -3.26. The van der Waals surface area contributed by atoms with Crippen molar-refractivity contribution in [3.8, 4) is 0 Å². The Labute approximate surface area is 181 Å². The Morgan fingerprint density at radius 1 is 0.871 bits per heavy atom. The molecule has 0 unspecified atom stereocenters. The first kappa shape index (κ1) is 19.7.